The molecule has 1 heterocycles. The van der Waals surface area contributed by atoms with Gasteiger partial charge in [0, 0.05) is 31.8 Å². The Morgan fingerprint density at radius 1 is 1.33 bits per heavy atom. The lowest BCUT2D eigenvalue weighted by Gasteiger charge is -2.33. The molecule has 4 nitrogen and oxygen atoms in total. The van der Waals surface area contributed by atoms with Gasteiger partial charge in [-0.1, -0.05) is 12.1 Å². The van der Waals surface area contributed by atoms with E-state index in [2.05, 4.69) is 6.92 Å². The lowest BCUT2D eigenvalue weighted by molar-refractivity contribution is 0.0681. The minimum atomic E-state index is 0. The maximum atomic E-state index is 12.4. The second kappa shape index (κ2) is 8.37. The fourth-order valence-corrected chi connectivity index (χ4v) is 2.72. The molecule has 1 aliphatic rings. The monoisotopic (exact) mass is 312 g/mol. The fourth-order valence-electron chi connectivity index (χ4n) is 2.72. The highest BCUT2D eigenvalue weighted by atomic mass is 35.5. The third-order valence-corrected chi connectivity index (χ3v) is 4.08. The SMILES string of the molecule is COCc1ccc(C(=O)N2CCC(C(C)N)CC2)cc1.Cl. The third kappa shape index (κ3) is 4.70. The minimum Gasteiger partial charge on any atom is -0.380 e. The van der Waals surface area contributed by atoms with Crippen LogP contribution in [0, 0.1) is 5.92 Å². The Morgan fingerprint density at radius 2 is 1.90 bits per heavy atom. The molecule has 0 aromatic heterocycles. The smallest absolute Gasteiger partial charge is 0.253 e. The molecule has 0 saturated carbocycles. The van der Waals surface area contributed by atoms with Gasteiger partial charge in [-0.25, -0.2) is 0 Å². The van der Waals surface area contributed by atoms with Crippen LogP contribution >= 0.6 is 12.4 Å². The summed E-state index contributed by atoms with van der Waals surface area (Å²) in [5.74, 6) is 0.667. The van der Waals surface area contributed by atoms with Gasteiger partial charge in [0.15, 0.2) is 0 Å². The summed E-state index contributed by atoms with van der Waals surface area (Å²) in [5, 5.41) is 0. The van der Waals surface area contributed by atoms with Crippen molar-refractivity contribution in [2.75, 3.05) is 20.2 Å². The summed E-state index contributed by atoms with van der Waals surface area (Å²) in [6.07, 6.45) is 2.01. The molecule has 2 N–H and O–H groups in total. The second-order valence-corrected chi connectivity index (χ2v) is 5.62. The van der Waals surface area contributed by atoms with Gasteiger partial charge in [0.1, 0.15) is 0 Å². The predicted octanol–water partition coefficient (Wildman–Crippen LogP) is 2.45. The van der Waals surface area contributed by atoms with Crippen LogP contribution in [0.15, 0.2) is 24.3 Å². The molecule has 0 radical (unpaired) electrons. The van der Waals surface area contributed by atoms with Gasteiger partial charge >= 0.3 is 0 Å². The van der Waals surface area contributed by atoms with Gasteiger partial charge in [0.05, 0.1) is 6.61 Å². The van der Waals surface area contributed by atoms with Gasteiger partial charge < -0.3 is 15.4 Å². The number of likely N-dealkylation sites (tertiary alicyclic amines) is 1. The summed E-state index contributed by atoms with van der Waals surface area (Å²) in [5.41, 5.74) is 7.77. The molecule has 0 spiro atoms. The Morgan fingerprint density at radius 3 is 2.38 bits per heavy atom. The highest BCUT2D eigenvalue weighted by Crippen LogP contribution is 2.21. The molecule has 2 rings (SSSR count). The van der Waals surface area contributed by atoms with Crippen LogP contribution in [0.1, 0.15) is 35.7 Å². The van der Waals surface area contributed by atoms with Crippen LogP contribution in [0.5, 0.6) is 0 Å². The van der Waals surface area contributed by atoms with Crippen molar-refractivity contribution in [1.82, 2.24) is 4.90 Å². The van der Waals surface area contributed by atoms with Crippen LogP contribution in [0.2, 0.25) is 0 Å². The summed E-state index contributed by atoms with van der Waals surface area (Å²) >= 11 is 0. The first-order chi connectivity index (χ1) is 9.61. The molecule has 1 saturated heterocycles. The zero-order chi connectivity index (χ0) is 14.5. The lowest BCUT2D eigenvalue weighted by Crippen LogP contribution is -2.42. The number of ether oxygens (including phenoxy) is 1. The van der Waals surface area contributed by atoms with E-state index in [9.17, 15) is 4.79 Å². The minimum absolute atomic E-state index is 0. The molecule has 21 heavy (non-hydrogen) atoms. The fraction of sp³-hybridized carbons (Fsp3) is 0.562. The first kappa shape index (κ1) is 18.0. The van der Waals surface area contributed by atoms with E-state index in [1.807, 2.05) is 29.2 Å². The summed E-state index contributed by atoms with van der Waals surface area (Å²) in [6, 6.07) is 7.89. The van der Waals surface area contributed by atoms with E-state index >= 15 is 0 Å². The van der Waals surface area contributed by atoms with E-state index in [0.29, 0.717) is 12.5 Å². The molecule has 1 aromatic rings. The number of halogens is 1. The van der Waals surface area contributed by atoms with Crippen molar-refractivity contribution >= 4 is 18.3 Å². The number of rotatable bonds is 4. The summed E-state index contributed by atoms with van der Waals surface area (Å²) in [6.45, 7) is 4.25. The van der Waals surface area contributed by atoms with E-state index in [0.717, 1.165) is 37.1 Å². The van der Waals surface area contributed by atoms with Crippen molar-refractivity contribution in [3.05, 3.63) is 35.4 Å². The van der Waals surface area contributed by atoms with Crippen molar-refractivity contribution < 1.29 is 9.53 Å². The van der Waals surface area contributed by atoms with Crippen LogP contribution in [-0.4, -0.2) is 37.0 Å². The number of methoxy groups -OCH3 is 1. The lowest BCUT2D eigenvalue weighted by atomic mass is 9.90. The van der Waals surface area contributed by atoms with Crippen molar-refractivity contribution in [2.24, 2.45) is 11.7 Å². The van der Waals surface area contributed by atoms with Crippen molar-refractivity contribution in [1.29, 1.82) is 0 Å². The average molecular weight is 313 g/mol. The summed E-state index contributed by atoms with van der Waals surface area (Å²) in [4.78, 5) is 14.3. The van der Waals surface area contributed by atoms with Gasteiger partial charge in [-0.2, -0.15) is 0 Å². The number of amides is 1. The Bertz CT molecular complexity index is 440. The number of piperidine rings is 1. The average Bonchev–Trinajstić information content (AvgIpc) is 2.48. The van der Waals surface area contributed by atoms with Gasteiger partial charge in [-0.15, -0.1) is 12.4 Å². The molecule has 118 valence electrons. The molecule has 1 unspecified atom stereocenters. The Hall–Kier alpha value is -1.10. The number of nitrogens with zero attached hydrogens (tertiary/aromatic N) is 1. The second-order valence-electron chi connectivity index (χ2n) is 5.62. The molecule has 1 amide bonds. The van der Waals surface area contributed by atoms with E-state index in [1.165, 1.54) is 0 Å². The van der Waals surface area contributed by atoms with Gasteiger partial charge in [-0.3, -0.25) is 4.79 Å². The first-order valence-corrected chi connectivity index (χ1v) is 7.24. The number of hydrogen-bond donors (Lipinski definition) is 1. The number of carbonyl (C=O) groups excluding carboxylic acids is 1. The predicted molar refractivity (Wildman–Crippen MR) is 86.7 cm³/mol. The molecule has 1 aromatic carbocycles. The zero-order valence-corrected chi connectivity index (χ0v) is 13.6. The van der Waals surface area contributed by atoms with Crippen molar-refractivity contribution in [3.8, 4) is 0 Å². The maximum Gasteiger partial charge on any atom is 0.253 e. The van der Waals surface area contributed by atoms with Crippen LogP contribution < -0.4 is 5.73 Å². The van der Waals surface area contributed by atoms with E-state index in [1.54, 1.807) is 7.11 Å². The number of nitrogens with two attached hydrogens (primary N) is 1. The Labute approximate surface area is 133 Å². The molecule has 1 atom stereocenters. The number of hydrogen-bond acceptors (Lipinski definition) is 3. The molecular weight excluding hydrogens is 288 g/mol. The van der Waals surface area contributed by atoms with Gasteiger partial charge in [0.25, 0.3) is 5.91 Å². The molecule has 1 aliphatic heterocycles. The van der Waals surface area contributed by atoms with Crippen LogP contribution in [0.25, 0.3) is 0 Å². The molecule has 0 bridgehead atoms. The Kier molecular flexibility index (Phi) is 7.15. The zero-order valence-electron chi connectivity index (χ0n) is 12.7. The topological polar surface area (TPSA) is 55.6 Å². The van der Waals surface area contributed by atoms with Gasteiger partial charge in [-0.05, 0) is 43.4 Å². The third-order valence-electron chi connectivity index (χ3n) is 4.08. The number of carbonyl (C=O) groups is 1. The van der Waals surface area contributed by atoms with Crippen LogP contribution in [0.4, 0.5) is 0 Å². The molecule has 5 heteroatoms. The van der Waals surface area contributed by atoms with E-state index < -0.39 is 0 Å². The largest absolute Gasteiger partial charge is 0.380 e. The molecule has 1 fully saturated rings. The van der Waals surface area contributed by atoms with Crippen LogP contribution in [0.3, 0.4) is 0 Å². The molecule has 0 aliphatic carbocycles. The standard InChI is InChI=1S/C16H24N2O2.ClH/c1-12(17)14-7-9-18(10-8-14)16(19)15-5-3-13(4-6-15)11-20-2;/h3-6,12,14H,7-11,17H2,1-2H3;1H. The highest BCUT2D eigenvalue weighted by molar-refractivity contribution is 5.94. The first-order valence-electron chi connectivity index (χ1n) is 7.24. The van der Waals surface area contributed by atoms with Crippen LogP contribution in [-0.2, 0) is 11.3 Å². The van der Waals surface area contributed by atoms with Crippen molar-refractivity contribution in [2.45, 2.75) is 32.4 Å². The number of benzene rings is 1. The van der Waals surface area contributed by atoms with E-state index in [-0.39, 0.29) is 24.4 Å². The Balaban J connectivity index is 0.00000220. The quantitative estimate of drug-likeness (QED) is 0.929. The van der Waals surface area contributed by atoms with Crippen molar-refractivity contribution in [3.63, 3.8) is 0 Å². The normalized spacial score (nSPS) is 17.2. The molecular formula is C16H25ClN2O2. The summed E-state index contributed by atoms with van der Waals surface area (Å²) in [7, 11) is 1.67. The van der Waals surface area contributed by atoms with E-state index in [4.69, 9.17) is 10.5 Å². The maximum absolute atomic E-state index is 12.4. The van der Waals surface area contributed by atoms with Gasteiger partial charge in [0.2, 0.25) is 0 Å². The summed E-state index contributed by atoms with van der Waals surface area (Å²) < 4.78 is 5.07. The highest BCUT2D eigenvalue weighted by Gasteiger charge is 2.25.